The Bertz CT molecular complexity index is 714. The molecule has 2 aromatic rings. The van der Waals surface area contributed by atoms with E-state index in [1.165, 1.54) is 0 Å². The molecule has 118 valence electrons. The van der Waals surface area contributed by atoms with Gasteiger partial charge in [0, 0.05) is 12.1 Å². The Hall–Kier alpha value is -3.15. The second-order valence-electron chi connectivity index (χ2n) is 4.77. The third-order valence-corrected chi connectivity index (χ3v) is 3.08. The van der Waals surface area contributed by atoms with E-state index in [2.05, 4.69) is 10.6 Å². The number of carboxylic acids is 1. The van der Waals surface area contributed by atoms with Gasteiger partial charge in [-0.25, -0.2) is 0 Å². The molecule has 0 saturated heterocycles. The number of carbonyl (C=O) groups excluding carboxylic acids is 2. The fourth-order valence-electron chi connectivity index (χ4n) is 1.95. The Morgan fingerprint density at radius 3 is 2.22 bits per heavy atom. The summed E-state index contributed by atoms with van der Waals surface area (Å²) in [6, 6.07) is 15.2. The monoisotopic (exact) mass is 312 g/mol. The number of carboxylic acid groups (broad SMARTS) is 1. The molecule has 0 bridgehead atoms. The third-order valence-electron chi connectivity index (χ3n) is 3.08. The second-order valence-corrected chi connectivity index (χ2v) is 4.77. The number of nitrogens with one attached hydrogen (secondary N) is 2. The van der Waals surface area contributed by atoms with Gasteiger partial charge < -0.3 is 15.7 Å². The minimum atomic E-state index is -0.990. The number of amides is 2. The number of rotatable bonds is 6. The van der Waals surface area contributed by atoms with E-state index in [1.807, 2.05) is 0 Å². The molecular weight excluding hydrogens is 296 g/mol. The SMILES string of the molecule is O=C(O)CCNC(=O)c1ccccc1NC(=O)c1ccccc1. The number of carbonyl (C=O) groups is 3. The quantitative estimate of drug-likeness (QED) is 0.761. The van der Waals surface area contributed by atoms with Gasteiger partial charge in [-0.15, -0.1) is 0 Å². The summed E-state index contributed by atoms with van der Waals surface area (Å²) in [4.78, 5) is 34.8. The Labute approximate surface area is 133 Å². The molecule has 2 amide bonds. The number of hydrogen-bond acceptors (Lipinski definition) is 3. The lowest BCUT2D eigenvalue weighted by molar-refractivity contribution is -0.136. The van der Waals surface area contributed by atoms with E-state index < -0.39 is 11.9 Å². The minimum absolute atomic E-state index is 0.0229. The lowest BCUT2D eigenvalue weighted by Gasteiger charge is -2.11. The average molecular weight is 312 g/mol. The lowest BCUT2D eigenvalue weighted by atomic mass is 10.1. The Morgan fingerprint density at radius 2 is 1.52 bits per heavy atom. The summed E-state index contributed by atoms with van der Waals surface area (Å²) in [5, 5.41) is 13.8. The Morgan fingerprint density at radius 1 is 0.870 bits per heavy atom. The molecule has 0 atom stereocenters. The predicted molar refractivity (Wildman–Crippen MR) is 85.4 cm³/mol. The van der Waals surface area contributed by atoms with Crippen LogP contribution in [0.3, 0.4) is 0 Å². The summed E-state index contributed by atoms with van der Waals surface area (Å²) < 4.78 is 0. The molecule has 0 saturated carbocycles. The van der Waals surface area contributed by atoms with Crippen molar-refractivity contribution < 1.29 is 19.5 Å². The molecule has 3 N–H and O–H groups in total. The molecule has 0 aliphatic heterocycles. The highest BCUT2D eigenvalue weighted by molar-refractivity contribution is 6.09. The number of hydrogen-bond donors (Lipinski definition) is 3. The highest BCUT2D eigenvalue weighted by Gasteiger charge is 2.13. The van der Waals surface area contributed by atoms with Crippen LogP contribution < -0.4 is 10.6 Å². The summed E-state index contributed by atoms with van der Waals surface area (Å²) in [5.74, 6) is -1.75. The number of para-hydroxylation sites is 1. The van der Waals surface area contributed by atoms with Gasteiger partial charge in [0.05, 0.1) is 17.7 Å². The van der Waals surface area contributed by atoms with Crippen LogP contribution >= 0.6 is 0 Å². The van der Waals surface area contributed by atoms with Crippen molar-refractivity contribution in [3.63, 3.8) is 0 Å². The normalized spacial score (nSPS) is 9.91. The Kier molecular flexibility index (Phi) is 5.46. The van der Waals surface area contributed by atoms with Gasteiger partial charge in [0.2, 0.25) is 0 Å². The molecular formula is C17H16N2O4. The van der Waals surface area contributed by atoms with Crippen molar-refractivity contribution >= 4 is 23.5 Å². The summed E-state index contributed by atoms with van der Waals surface area (Å²) >= 11 is 0. The van der Waals surface area contributed by atoms with E-state index >= 15 is 0 Å². The first-order chi connectivity index (χ1) is 11.1. The van der Waals surface area contributed by atoms with Gasteiger partial charge in [-0.05, 0) is 24.3 Å². The molecule has 6 nitrogen and oxygen atoms in total. The van der Waals surface area contributed by atoms with Gasteiger partial charge in [-0.2, -0.15) is 0 Å². The molecule has 23 heavy (non-hydrogen) atoms. The van der Waals surface area contributed by atoms with Crippen molar-refractivity contribution in [3.05, 3.63) is 65.7 Å². The van der Waals surface area contributed by atoms with E-state index in [0.29, 0.717) is 11.3 Å². The van der Waals surface area contributed by atoms with Crippen LogP contribution in [0, 0.1) is 0 Å². The molecule has 0 aliphatic rings. The maximum Gasteiger partial charge on any atom is 0.305 e. The van der Waals surface area contributed by atoms with Crippen molar-refractivity contribution in [1.29, 1.82) is 0 Å². The first kappa shape index (κ1) is 16.2. The average Bonchev–Trinajstić information content (AvgIpc) is 2.55. The van der Waals surface area contributed by atoms with E-state index in [-0.39, 0.29) is 24.4 Å². The van der Waals surface area contributed by atoms with E-state index in [9.17, 15) is 14.4 Å². The number of aliphatic carboxylic acids is 1. The number of anilines is 1. The molecule has 0 aromatic heterocycles. The molecule has 0 spiro atoms. The van der Waals surface area contributed by atoms with E-state index in [0.717, 1.165) is 0 Å². The lowest BCUT2D eigenvalue weighted by Crippen LogP contribution is -2.27. The van der Waals surface area contributed by atoms with Crippen LogP contribution in [-0.4, -0.2) is 29.4 Å². The minimum Gasteiger partial charge on any atom is -0.481 e. The van der Waals surface area contributed by atoms with Crippen molar-refractivity contribution in [2.45, 2.75) is 6.42 Å². The van der Waals surface area contributed by atoms with Crippen LogP contribution in [0.5, 0.6) is 0 Å². The highest BCUT2D eigenvalue weighted by Crippen LogP contribution is 2.16. The zero-order chi connectivity index (χ0) is 16.7. The van der Waals surface area contributed by atoms with Crippen molar-refractivity contribution in [2.24, 2.45) is 0 Å². The summed E-state index contributed by atoms with van der Waals surface area (Å²) in [7, 11) is 0. The van der Waals surface area contributed by atoms with Crippen LogP contribution in [0.2, 0.25) is 0 Å². The van der Waals surface area contributed by atoms with Gasteiger partial charge in [0.25, 0.3) is 11.8 Å². The molecule has 2 aromatic carbocycles. The molecule has 0 fully saturated rings. The predicted octanol–water partition coefficient (Wildman–Crippen LogP) is 2.14. The van der Waals surface area contributed by atoms with Crippen LogP contribution in [-0.2, 0) is 4.79 Å². The molecule has 0 unspecified atom stereocenters. The largest absolute Gasteiger partial charge is 0.481 e. The van der Waals surface area contributed by atoms with Crippen LogP contribution in [0.4, 0.5) is 5.69 Å². The highest BCUT2D eigenvalue weighted by atomic mass is 16.4. The second kappa shape index (κ2) is 7.74. The van der Waals surface area contributed by atoms with Crippen molar-refractivity contribution in [3.8, 4) is 0 Å². The maximum absolute atomic E-state index is 12.2. The van der Waals surface area contributed by atoms with Gasteiger partial charge in [-0.3, -0.25) is 14.4 Å². The van der Waals surface area contributed by atoms with Gasteiger partial charge in [0.15, 0.2) is 0 Å². The van der Waals surface area contributed by atoms with Gasteiger partial charge >= 0.3 is 5.97 Å². The third kappa shape index (κ3) is 4.67. The summed E-state index contributed by atoms with van der Waals surface area (Å²) in [6.45, 7) is 0.0229. The van der Waals surface area contributed by atoms with E-state index in [4.69, 9.17) is 5.11 Å². The maximum atomic E-state index is 12.2. The Balaban J connectivity index is 2.09. The van der Waals surface area contributed by atoms with Gasteiger partial charge in [-0.1, -0.05) is 30.3 Å². The van der Waals surface area contributed by atoms with Crippen molar-refractivity contribution in [2.75, 3.05) is 11.9 Å². The first-order valence-electron chi connectivity index (χ1n) is 7.03. The fourth-order valence-corrected chi connectivity index (χ4v) is 1.95. The molecule has 0 radical (unpaired) electrons. The van der Waals surface area contributed by atoms with Gasteiger partial charge in [0.1, 0.15) is 0 Å². The zero-order valence-corrected chi connectivity index (χ0v) is 12.3. The van der Waals surface area contributed by atoms with Crippen LogP contribution in [0.15, 0.2) is 54.6 Å². The molecule has 0 heterocycles. The first-order valence-corrected chi connectivity index (χ1v) is 7.03. The molecule has 0 aliphatic carbocycles. The van der Waals surface area contributed by atoms with E-state index in [1.54, 1.807) is 54.6 Å². The topological polar surface area (TPSA) is 95.5 Å². The smallest absolute Gasteiger partial charge is 0.305 e. The standard InChI is InChI=1S/C17H16N2O4/c20-15(21)10-11-18-17(23)13-8-4-5-9-14(13)19-16(22)12-6-2-1-3-7-12/h1-9H,10-11H2,(H,18,23)(H,19,22)(H,20,21). The summed E-state index contributed by atoms with van der Waals surface area (Å²) in [5.41, 5.74) is 1.13. The number of benzene rings is 2. The molecule has 2 rings (SSSR count). The van der Waals surface area contributed by atoms with Crippen LogP contribution in [0.25, 0.3) is 0 Å². The molecule has 6 heteroatoms. The summed E-state index contributed by atoms with van der Waals surface area (Å²) in [6.07, 6.45) is -0.162. The van der Waals surface area contributed by atoms with Crippen molar-refractivity contribution in [1.82, 2.24) is 5.32 Å². The van der Waals surface area contributed by atoms with Crippen LogP contribution in [0.1, 0.15) is 27.1 Å². The fraction of sp³-hybridized carbons (Fsp3) is 0.118. The zero-order valence-electron chi connectivity index (χ0n) is 12.3.